The van der Waals surface area contributed by atoms with Gasteiger partial charge in [-0.05, 0) is 18.6 Å². The van der Waals surface area contributed by atoms with Crippen molar-refractivity contribution in [2.24, 2.45) is 4.99 Å². The first-order valence-corrected chi connectivity index (χ1v) is 7.99. The molecular weight excluding hydrogens is 342 g/mol. The number of halogens is 2. The van der Waals surface area contributed by atoms with E-state index in [0.717, 1.165) is 11.1 Å². The fraction of sp³-hybridized carbons (Fsp3) is 0.333. The number of aryl methyl sites for hydroxylation is 1. The van der Waals surface area contributed by atoms with Crippen LogP contribution in [0.5, 0.6) is 11.6 Å². The van der Waals surface area contributed by atoms with Crippen LogP contribution in [-0.4, -0.2) is 31.7 Å². The minimum Gasteiger partial charge on any atom is -0.481 e. The van der Waals surface area contributed by atoms with Gasteiger partial charge in [0.05, 0.1) is 7.11 Å². The summed E-state index contributed by atoms with van der Waals surface area (Å²) in [5.41, 5.74) is 2.53. The number of benzene rings is 1. The lowest BCUT2D eigenvalue weighted by molar-refractivity contribution is -0.0504. The molecule has 8 heteroatoms. The molecule has 0 fully saturated rings. The summed E-state index contributed by atoms with van der Waals surface area (Å²) in [7, 11) is 3.19. The standard InChI is InChI=1S/C18H22F2N4O2/c1-12-4-6-15(26-17(19)20)14(8-12)11-24-18(21-2)23-10-13-5-7-16(25-3)22-9-13/h4-9,17H,10-11H2,1-3H3,(H2,21,23,24). The van der Waals surface area contributed by atoms with Crippen LogP contribution in [0.15, 0.2) is 41.5 Å². The van der Waals surface area contributed by atoms with Gasteiger partial charge in [0, 0.05) is 38.0 Å². The summed E-state index contributed by atoms with van der Waals surface area (Å²) in [6, 6.07) is 8.73. The highest BCUT2D eigenvalue weighted by atomic mass is 19.3. The number of guanidine groups is 1. The molecule has 0 bridgehead atoms. The van der Waals surface area contributed by atoms with Gasteiger partial charge in [-0.15, -0.1) is 0 Å². The molecule has 0 amide bonds. The van der Waals surface area contributed by atoms with E-state index < -0.39 is 6.61 Å². The van der Waals surface area contributed by atoms with Gasteiger partial charge in [-0.1, -0.05) is 23.8 Å². The van der Waals surface area contributed by atoms with Crippen molar-refractivity contribution < 1.29 is 18.3 Å². The van der Waals surface area contributed by atoms with Gasteiger partial charge >= 0.3 is 6.61 Å². The minimum atomic E-state index is -2.86. The molecule has 2 rings (SSSR count). The zero-order chi connectivity index (χ0) is 18.9. The van der Waals surface area contributed by atoms with Gasteiger partial charge in [0.25, 0.3) is 0 Å². The van der Waals surface area contributed by atoms with E-state index in [4.69, 9.17) is 4.74 Å². The number of methoxy groups -OCH3 is 1. The van der Waals surface area contributed by atoms with Crippen LogP contribution in [0.2, 0.25) is 0 Å². The van der Waals surface area contributed by atoms with E-state index in [-0.39, 0.29) is 5.75 Å². The second kappa shape index (κ2) is 9.55. The Morgan fingerprint density at radius 3 is 2.58 bits per heavy atom. The number of pyridine rings is 1. The van der Waals surface area contributed by atoms with Gasteiger partial charge in [-0.3, -0.25) is 4.99 Å². The minimum absolute atomic E-state index is 0.146. The second-order valence-corrected chi connectivity index (χ2v) is 5.48. The Bertz CT molecular complexity index is 736. The molecule has 0 aliphatic heterocycles. The van der Waals surface area contributed by atoms with Gasteiger partial charge < -0.3 is 20.1 Å². The molecule has 1 aromatic heterocycles. The van der Waals surface area contributed by atoms with Crippen LogP contribution >= 0.6 is 0 Å². The summed E-state index contributed by atoms with van der Waals surface area (Å²) >= 11 is 0. The lowest BCUT2D eigenvalue weighted by atomic mass is 10.1. The highest BCUT2D eigenvalue weighted by molar-refractivity contribution is 5.79. The van der Waals surface area contributed by atoms with Gasteiger partial charge in [0.1, 0.15) is 5.75 Å². The molecule has 0 radical (unpaired) electrons. The Labute approximate surface area is 151 Å². The van der Waals surface area contributed by atoms with E-state index >= 15 is 0 Å². The summed E-state index contributed by atoms with van der Waals surface area (Å²) in [4.78, 5) is 8.26. The molecule has 0 aliphatic rings. The smallest absolute Gasteiger partial charge is 0.387 e. The topological polar surface area (TPSA) is 67.8 Å². The van der Waals surface area contributed by atoms with Crippen molar-refractivity contribution in [3.63, 3.8) is 0 Å². The molecule has 1 heterocycles. The fourth-order valence-corrected chi connectivity index (χ4v) is 2.28. The Kier molecular flexibility index (Phi) is 7.13. The second-order valence-electron chi connectivity index (χ2n) is 5.48. The molecule has 140 valence electrons. The molecule has 2 aromatic rings. The first kappa shape index (κ1) is 19.4. The van der Waals surface area contributed by atoms with Gasteiger partial charge in [-0.2, -0.15) is 8.78 Å². The lowest BCUT2D eigenvalue weighted by Gasteiger charge is -2.15. The number of hydrogen-bond acceptors (Lipinski definition) is 4. The number of nitrogens with zero attached hydrogens (tertiary/aromatic N) is 2. The van der Waals surface area contributed by atoms with Crippen molar-refractivity contribution in [2.45, 2.75) is 26.6 Å². The van der Waals surface area contributed by atoms with Crippen molar-refractivity contribution >= 4 is 5.96 Å². The predicted molar refractivity (Wildman–Crippen MR) is 95.6 cm³/mol. The first-order valence-electron chi connectivity index (χ1n) is 7.99. The Morgan fingerprint density at radius 2 is 1.96 bits per heavy atom. The third kappa shape index (κ3) is 5.87. The molecule has 26 heavy (non-hydrogen) atoms. The molecule has 0 unspecified atom stereocenters. The van der Waals surface area contributed by atoms with Gasteiger partial charge in [0.15, 0.2) is 5.96 Å². The number of aliphatic imine (C=N–C) groups is 1. The van der Waals surface area contributed by atoms with Crippen LogP contribution in [0.3, 0.4) is 0 Å². The van der Waals surface area contributed by atoms with E-state index in [9.17, 15) is 8.78 Å². The molecule has 0 spiro atoms. The van der Waals surface area contributed by atoms with Crippen LogP contribution in [0.1, 0.15) is 16.7 Å². The monoisotopic (exact) mass is 364 g/mol. The quantitative estimate of drug-likeness (QED) is 0.584. The van der Waals surface area contributed by atoms with Crippen molar-refractivity contribution in [1.82, 2.24) is 15.6 Å². The van der Waals surface area contributed by atoms with E-state index in [1.165, 1.54) is 6.07 Å². The molecule has 1 aromatic carbocycles. The maximum Gasteiger partial charge on any atom is 0.387 e. The van der Waals surface area contributed by atoms with Crippen molar-refractivity contribution in [3.8, 4) is 11.6 Å². The van der Waals surface area contributed by atoms with Gasteiger partial charge in [0.2, 0.25) is 5.88 Å². The van der Waals surface area contributed by atoms with E-state index in [0.29, 0.717) is 30.5 Å². The molecule has 0 aliphatic carbocycles. The Morgan fingerprint density at radius 1 is 1.19 bits per heavy atom. The first-order chi connectivity index (χ1) is 12.5. The maximum absolute atomic E-state index is 12.5. The van der Waals surface area contributed by atoms with Gasteiger partial charge in [-0.25, -0.2) is 4.98 Å². The molecule has 0 saturated heterocycles. The Hall–Kier alpha value is -2.90. The molecular formula is C18H22F2N4O2. The van der Waals surface area contributed by atoms with Crippen LogP contribution in [0, 0.1) is 6.92 Å². The molecule has 6 nitrogen and oxygen atoms in total. The average molecular weight is 364 g/mol. The number of rotatable bonds is 7. The van der Waals surface area contributed by atoms with Crippen molar-refractivity contribution in [1.29, 1.82) is 0 Å². The van der Waals surface area contributed by atoms with Crippen LogP contribution in [0.4, 0.5) is 8.78 Å². The van der Waals surface area contributed by atoms with Crippen LogP contribution < -0.4 is 20.1 Å². The molecule has 0 saturated carbocycles. The van der Waals surface area contributed by atoms with Crippen molar-refractivity contribution in [3.05, 3.63) is 53.2 Å². The van der Waals surface area contributed by atoms with Crippen molar-refractivity contribution in [2.75, 3.05) is 14.2 Å². The van der Waals surface area contributed by atoms with E-state index in [1.807, 2.05) is 13.0 Å². The number of alkyl halides is 2. The van der Waals surface area contributed by atoms with E-state index in [1.54, 1.807) is 38.6 Å². The van der Waals surface area contributed by atoms with Crippen LogP contribution in [0.25, 0.3) is 0 Å². The number of nitrogens with one attached hydrogen (secondary N) is 2. The Balaban J connectivity index is 1.95. The average Bonchev–Trinajstić information content (AvgIpc) is 2.64. The SMILES string of the molecule is CN=C(NCc1ccc(OC)nc1)NCc1cc(C)ccc1OC(F)F. The number of hydrogen-bond donors (Lipinski definition) is 2. The predicted octanol–water partition coefficient (Wildman–Crippen LogP) is 2.87. The summed E-state index contributed by atoms with van der Waals surface area (Å²) in [6.45, 7) is -0.175. The largest absolute Gasteiger partial charge is 0.481 e. The summed E-state index contributed by atoms with van der Waals surface area (Å²) in [5.74, 6) is 1.22. The number of ether oxygens (including phenoxy) is 2. The third-order valence-corrected chi connectivity index (χ3v) is 3.57. The fourth-order valence-electron chi connectivity index (χ4n) is 2.28. The summed E-state index contributed by atoms with van der Waals surface area (Å²) in [6.07, 6.45) is 1.70. The molecule has 0 atom stereocenters. The summed E-state index contributed by atoms with van der Waals surface area (Å²) < 4.78 is 34.7. The van der Waals surface area contributed by atoms with Crippen LogP contribution in [-0.2, 0) is 13.1 Å². The normalized spacial score (nSPS) is 11.4. The zero-order valence-electron chi connectivity index (χ0n) is 14.9. The highest BCUT2D eigenvalue weighted by Gasteiger charge is 2.10. The highest BCUT2D eigenvalue weighted by Crippen LogP contribution is 2.21. The van der Waals surface area contributed by atoms with E-state index in [2.05, 4.69) is 25.3 Å². The summed E-state index contributed by atoms with van der Waals surface area (Å²) in [5, 5.41) is 6.23. The molecule has 2 N–H and O–H groups in total. The lowest BCUT2D eigenvalue weighted by Crippen LogP contribution is -2.36. The number of aromatic nitrogens is 1. The third-order valence-electron chi connectivity index (χ3n) is 3.57. The zero-order valence-corrected chi connectivity index (χ0v) is 14.9. The maximum atomic E-state index is 12.5.